The third kappa shape index (κ3) is 3.14. The fraction of sp³-hybridized carbons (Fsp3) is 0.250. The Labute approximate surface area is 105 Å². The molecule has 0 fully saturated rings. The topological polar surface area (TPSA) is 85.8 Å². The molecule has 0 unspecified atom stereocenters. The van der Waals surface area contributed by atoms with Crippen LogP contribution < -0.4 is 11.1 Å². The van der Waals surface area contributed by atoms with Crippen LogP contribution in [0.5, 0.6) is 0 Å². The third-order valence-corrected chi connectivity index (χ3v) is 2.45. The lowest BCUT2D eigenvalue weighted by Gasteiger charge is -2.08. The average Bonchev–Trinajstić information content (AvgIpc) is 2.84. The van der Waals surface area contributed by atoms with Crippen molar-refractivity contribution in [2.24, 2.45) is 5.73 Å². The van der Waals surface area contributed by atoms with E-state index < -0.39 is 6.04 Å². The van der Waals surface area contributed by atoms with Crippen molar-refractivity contribution in [2.75, 3.05) is 5.32 Å². The van der Waals surface area contributed by atoms with Gasteiger partial charge in [-0.1, -0.05) is 12.1 Å². The Morgan fingerprint density at radius 3 is 2.72 bits per heavy atom. The molecule has 0 spiro atoms. The number of hydrogen-bond donors (Lipinski definition) is 2. The van der Waals surface area contributed by atoms with Gasteiger partial charge in [0, 0.05) is 5.69 Å². The number of benzene rings is 1. The Hall–Kier alpha value is -2.21. The second kappa shape index (κ2) is 5.42. The summed E-state index contributed by atoms with van der Waals surface area (Å²) in [7, 11) is 0. The molecular weight excluding hydrogens is 230 g/mol. The summed E-state index contributed by atoms with van der Waals surface area (Å²) in [6.07, 6.45) is 3.16. The van der Waals surface area contributed by atoms with Crippen molar-refractivity contribution in [1.29, 1.82) is 0 Å². The number of carbonyl (C=O) groups is 1. The zero-order valence-electron chi connectivity index (χ0n) is 10.1. The lowest BCUT2D eigenvalue weighted by atomic mass is 10.2. The maximum absolute atomic E-state index is 11.4. The summed E-state index contributed by atoms with van der Waals surface area (Å²) < 4.78 is 1.73. The quantitative estimate of drug-likeness (QED) is 0.826. The van der Waals surface area contributed by atoms with Crippen molar-refractivity contribution in [1.82, 2.24) is 14.8 Å². The van der Waals surface area contributed by atoms with Crippen molar-refractivity contribution >= 4 is 11.6 Å². The van der Waals surface area contributed by atoms with Crippen LogP contribution in [-0.4, -0.2) is 26.7 Å². The standard InChI is InChI=1S/C12H15N5O/c1-9(13)12(18)16-11-4-2-10(3-5-11)6-17-8-14-7-15-17/h2-5,7-9H,6,13H2,1H3,(H,16,18)/t9-/m0/s1. The van der Waals surface area contributed by atoms with Gasteiger partial charge in [-0.05, 0) is 24.6 Å². The van der Waals surface area contributed by atoms with Gasteiger partial charge in [-0.3, -0.25) is 4.79 Å². The number of rotatable bonds is 4. The summed E-state index contributed by atoms with van der Waals surface area (Å²) in [5.74, 6) is -0.195. The first-order valence-electron chi connectivity index (χ1n) is 5.63. The van der Waals surface area contributed by atoms with E-state index in [1.807, 2.05) is 24.3 Å². The van der Waals surface area contributed by atoms with Crippen molar-refractivity contribution in [3.63, 3.8) is 0 Å². The van der Waals surface area contributed by atoms with Crippen molar-refractivity contribution in [2.45, 2.75) is 19.5 Å². The van der Waals surface area contributed by atoms with Crippen LogP contribution in [0.2, 0.25) is 0 Å². The first kappa shape index (κ1) is 12.3. The molecule has 2 rings (SSSR count). The van der Waals surface area contributed by atoms with Gasteiger partial charge in [0.05, 0.1) is 12.6 Å². The maximum Gasteiger partial charge on any atom is 0.240 e. The molecule has 1 heterocycles. The molecule has 0 aliphatic rings. The largest absolute Gasteiger partial charge is 0.325 e. The number of nitrogens with zero attached hydrogens (tertiary/aromatic N) is 3. The molecule has 2 aromatic rings. The molecule has 18 heavy (non-hydrogen) atoms. The second-order valence-corrected chi connectivity index (χ2v) is 4.07. The van der Waals surface area contributed by atoms with Gasteiger partial charge >= 0.3 is 0 Å². The van der Waals surface area contributed by atoms with E-state index in [1.54, 1.807) is 17.9 Å². The monoisotopic (exact) mass is 245 g/mol. The SMILES string of the molecule is C[C@H](N)C(=O)Nc1ccc(Cn2cncn2)cc1. The predicted molar refractivity (Wildman–Crippen MR) is 67.8 cm³/mol. The fourth-order valence-electron chi connectivity index (χ4n) is 1.45. The zero-order chi connectivity index (χ0) is 13.0. The van der Waals surface area contributed by atoms with Gasteiger partial charge in [0.1, 0.15) is 12.7 Å². The molecule has 0 aliphatic carbocycles. The Morgan fingerprint density at radius 2 is 2.17 bits per heavy atom. The number of hydrogen-bond acceptors (Lipinski definition) is 4. The zero-order valence-corrected chi connectivity index (χ0v) is 10.1. The van der Waals surface area contributed by atoms with Gasteiger partial charge in [-0.2, -0.15) is 5.10 Å². The first-order valence-corrected chi connectivity index (χ1v) is 5.63. The van der Waals surface area contributed by atoms with Crippen LogP contribution >= 0.6 is 0 Å². The van der Waals surface area contributed by atoms with E-state index in [4.69, 9.17) is 5.73 Å². The van der Waals surface area contributed by atoms with Gasteiger partial charge in [-0.15, -0.1) is 0 Å². The summed E-state index contributed by atoms with van der Waals surface area (Å²) in [6.45, 7) is 2.30. The molecule has 94 valence electrons. The van der Waals surface area contributed by atoms with Crippen molar-refractivity contribution in [3.05, 3.63) is 42.5 Å². The van der Waals surface area contributed by atoms with Gasteiger partial charge in [0.25, 0.3) is 0 Å². The molecule has 1 aromatic heterocycles. The van der Waals surface area contributed by atoms with Gasteiger partial charge < -0.3 is 11.1 Å². The Balaban J connectivity index is 1.99. The van der Waals surface area contributed by atoms with E-state index in [0.29, 0.717) is 6.54 Å². The number of nitrogens with two attached hydrogens (primary N) is 1. The summed E-state index contributed by atoms with van der Waals surface area (Å²) >= 11 is 0. The number of aromatic nitrogens is 3. The van der Waals surface area contributed by atoms with E-state index >= 15 is 0 Å². The highest BCUT2D eigenvalue weighted by Gasteiger charge is 2.06. The van der Waals surface area contributed by atoms with Crippen LogP contribution in [0.15, 0.2) is 36.9 Å². The van der Waals surface area contributed by atoms with Crippen molar-refractivity contribution < 1.29 is 4.79 Å². The minimum Gasteiger partial charge on any atom is -0.325 e. The lowest BCUT2D eigenvalue weighted by Crippen LogP contribution is -2.32. The summed E-state index contributed by atoms with van der Waals surface area (Å²) in [5.41, 5.74) is 7.29. The molecule has 0 saturated heterocycles. The Bertz CT molecular complexity index is 504. The van der Waals surface area contributed by atoms with Crippen LogP contribution in [0.4, 0.5) is 5.69 Å². The highest BCUT2D eigenvalue weighted by molar-refractivity contribution is 5.94. The highest BCUT2D eigenvalue weighted by Crippen LogP contribution is 2.10. The molecule has 3 N–H and O–H groups in total. The lowest BCUT2D eigenvalue weighted by molar-refractivity contribution is -0.117. The minimum absolute atomic E-state index is 0.195. The average molecular weight is 245 g/mol. The van der Waals surface area contributed by atoms with Crippen LogP contribution in [0.3, 0.4) is 0 Å². The smallest absolute Gasteiger partial charge is 0.240 e. The Kier molecular flexibility index (Phi) is 3.69. The fourth-order valence-corrected chi connectivity index (χ4v) is 1.45. The van der Waals surface area contributed by atoms with Crippen molar-refractivity contribution in [3.8, 4) is 0 Å². The maximum atomic E-state index is 11.4. The molecule has 0 aliphatic heterocycles. The van der Waals surface area contributed by atoms with Crippen LogP contribution in [0, 0.1) is 0 Å². The number of anilines is 1. The number of amides is 1. The number of carbonyl (C=O) groups excluding carboxylic acids is 1. The molecule has 1 amide bonds. The summed E-state index contributed by atoms with van der Waals surface area (Å²) in [6, 6.07) is 7.02. The van der Waals surface area contributed by atoms with E-state index in [9.17, 15) is 4.79 Å². The van der Waals surface area contributed by atoms with Gasteiger partial charge in [-0.25, -0.2) is 9.67 Å². The van der Waals surface area contributed by atoms with E-state index in [1.165, 1.54) is 6.33 Å². The molecule has 0 radical (unpaired) electrons. The number of nitrogens with one attached hydrogen (secondary N) is 1. The van der Waals surface area contributed by atoms with E-state index in [2.05, 4.69) is 15.4 Å². The molecular formula is C12H15N5O. The molecule has 1 atom stereocenters. The summed E-state index contributed by atoms with van der Waals surface area (Å²) in [4.78, 5) is 15.3. The molecule has 6 heteroatoms. The van der Waals surface area contributed by atoms with Crippen LogP contribution in [0.1, 0.15) is 12.5 Å². The predicted octanol–water partition coefficient (Wildman–Crippen LogP) is 0.612. The third-order valence-electron chi connectivity index (χ3n) is 2.45. The van der Waals surface area contributed by atoms with E-state index in [-0.39, 0.29) is 5.91 Å². The van der Waals surface area contributed by atoms with Gasteiger partial charge in [0.2, 0.25) is 5.91 Å². The Morgan fingerprint density at radius 1 is 1.44 bits per heavy atom. The van der Waals surface area contributed by atoms with Crippen LogP contribution in [0.25, 0.3) is 0 Å². The normalized spacial score (nSPS) is 12.1. The minimum atomic E-state index is -0.514. The summed E-state index contributed by atoms with van der Waals surface area (Å²) in [5, 5.41) is 6.75. The molecule has 6 nitrogen and oxygen atoms in total. The van der Waals surface area contributed by atoms with Gasteiger partial charge in [0.15, 0.2) is 0 Å². The molecule has 0 saturated carbocycles. The highest BCUT2D eigenvalue weighted by atomic mass is 16.2. The second-order valence-electron chi connectivity index (χ2n) is 4.07. The first-order chi connectivity index (χ1) is 8.65. The molecule has 1 aromatic carbocycles. The van der Waals surface area contributed by atoms with Crippen LogP contribution in [-0.2, 0) is 11.3 Å². The molecule has 0 bridgehead atoms. The van der Waals surface area contributed by atoms with E-state index in [0.717, 1.165) is 11.3 Å².